The highest BCUT2D eigenvalue weighted by atomic mass is 32.2. The molecule has 0 spiro atoms. The Hall–Kier alpha value is -1.28. The summed E-state index contributed by atoms with van der Waals surface area (Å²) < 4.78 is 28.7. The van der Waals surface area contributed by atoms with Crippen LogP contribution in [0.15, 0.2) is 35.8 Å². The van der Waals surface area contributed by atoms with Crippen molar-refractivity contribution in [1.82, 2.24) is 14.0 Å². The van der Waals surface area contributed by atoms with Crippen molar-refractivity contribution in [2.24, 2.45) is 0 Å². The molecule has 0 saturated heterocycles. The van der Waals surface area contributed by atoms with Crippen molar-refractivity contribution in [2.45, 2.75) is 19.5 Å². The van der Waals surface area contributed by atoms with E-state index < -0.39 is 10.2 Å². The van der Waals surface area contributed by atoms with E-state index >= 15 is 0 Å². The van der Waals surface area contributed by atoms with Gasteiger partial charge in [0.2, 0.25) is 0 Å². The van der Waals surface area contributed by atoms with Gasteiger partial charge in [0, 0.05) is 24.7 Å². The summed E-state index contributed by atoms with van der Waals surface area (Å²) in [5.41, 5.74) is 2.32. The van der Waals surface area contributed by atoms with E-state index in [0.717, 1.165) is 17.0 Å². The molecule has 20 heavy (non-hydrogen) atoms. The van der Waals surface area contributed by atoms with E-state index in [0.29, 0.717) is 13.1 Å². The van der Waals surface area contributed by atoms with Gasteiger partial charge in [-0.25, -0.2) is 4.98 Å². The number of aromatic nitrogens is 1. The van der Waals surface area contributed by atoms with Crippen LogP contribution >= 0.6 is 11.3 Å². The Bertz CT molecular complexity index is 683. The van der Waals surface area contributed by atoms with Crippen molar-refractivity contribution >= 4 is 21.5 Å². The zero-order valence-corrected chi connectivity index (χ0v) is 12.5. The molecule has 3 rings (SSSR count). The van der Waals surface area contributed by atoms with Crippen LogP contribution in [0.3, 0.4) is 0 Å². The van der Waals surface area contributed by atoms with E-state index in [1.807, 2.05) is 23.6 Å². The van der Waals surface area contributed by atoms with Crippen LogP contribution in [0, 0.1) is 0 Å². The quantitative estimate of drug-likeness (QED) is 0.932. The summed E-state index contributed by atoms with van der Waals surface area (Å²) in [4.78, 5) is 4.07. The molecule has 106 valence electrons. The molecule has 0 saturated carbocycles. The minimum absolute atomic E-state index is 0.248. The van der Waals surface area contributed by atoms with E-state index in [1.54, 1.807) is 6.20 Å². The largest absolute Gasteiger partial charge is 0.280 e. The number of fused-ring (bicyclic) bond motifs is 1. The van der Waals surface area contributed by atoms with Crippen molar-refractivity contribution < 1.29 is 8.42 Å². The van der Waals surface area contributed by atoms with Gasteiger partial charge in [-0.2, -0.15) is 17.4 Å². The third-order valence-corrected chi connectivity index (χ3v) is 5.61. The maximum absolute atomic E-state index is 12.3. The fourth-order valence-corrected chi connectivity index (χ4v) is 4.05. The van der Waals surface area contributed by atoms with E-state index in [1.165, 1.54) is 21.2 Å². The number of nitrogens with zero attached hydrogens (tertiary/aromatic N) is 2. The van der Waals surface area contributed by atoms with E-state index in [4.69, 9.17) is 0 Å². The van der Waals surface area contributed by atoms with Crippen LogP contribution in [0.25, 0.3) is 0 Å². The second kappa shape index (κ2) is 5.61. The Kier molecular flexibility index (Phi) is 3.84. The van der Waals surface area contributed by atoms with Crippen molar-refractivity contribution in [3.05, 3.63) is 52.0 Å². The van der Waals surface area contributed by atoms with Crippen molar-refractivity contribution in [3.8, 4) is 0 Å². The molecule has 5 nitrogen and oxygen atoms in total. The van der Waals surface area contributed by atoms with Gasteiger partial charge >= 0.3 is 0 Å². The molecular formula is C13H15N3O2S2. The SMILES string of the molecule is O=S(=O)(NCc1nccs1)N1CCc2ccccc2C1. The lowest BCUT2D eigenvalue weighted by molar-refractivity contribution is 0.384. The summed E-state index contributed by atoms with van der Waals surface area (Å²) in [5, 5.41) is 2.60. The third kappa shape index (κ3) is 2.90. The average molecular weight is 309 g/mol. The molecule has 1 aromatic carbocycles. The Balaban J connectivity index is 1.70. The predicted octanol–water partition coefficient (Wildman–Crippen LogP) is 1.54. The van der Waals surface area contributed by atoms with Crippen LogP contribution in [-0.2, 0) is 29.7 Å². The first-order valence-corrected chi connectivity index (χ1v) is 8.67. The fraction of sp³-hybridized carbons (Fsp3) is 0.308. The van der Waals surface area contributed by atoms with Gasteiger partial charge in [-0.15, -0.1) is 11.3 Å². The molecule has 1 N–H and O–H groups in total. The van der Waals surface area contributed by atoms with E-state index in [-0.39, 0.29) is 6.54 Å². The number of rotatable bonds is 4. The highest BCUT2D eigenvalue weighted by Gasteiger charge is 2.26. The van der Waals surface area contributed by atoms with Gasteiger partial charge in [0.25, 0.3) is 10.2 Å². The lowest BCUT2D eigenvalue weighted by Crippen LogP contribution is -2.43. The van der Waals surface area contributed by atoms with Gasteiger partial charge in [0.15, 0.2) is 0 Å². The van der Waals surface area contributed by atoms with Crippen molar-refractivity contribution in [1.29, 1.82) is 0 Å². The minimum Gasteiger partial charge on any atom is -0.248 e. The zero-order chi connectivity index (χ0) is 14.0. The van der Waals surface area contributed by atoms with Gasteiger partial charge in [0.1, 0.15) is 5.01 Å². The lowest BCUT2D eigenvalue weighted by Gasteiger charge is -2.27. The summed E-state index contributed by atoms with van der Waals surface area (Å²) >= 11 is 1.44. The van der Waals surface area contributed by atoms with Crippen molar-refractivity contribution in [3.63, 3.8) is 0 Å². The summed E-state index contributed by atoms with van der Waals surface area (Å²) in [7, 11) is -3.45. The molecule has 0 radical (unpaired) electrons. The highest BCUT2D eigenvalue weighted by Crippen LogP contribution is 2.20. The van der Waals surface area contributed by atoms with Crippen LogP contribution in [0.1, 0.15) is 16.1 Å². The van der Waals surface area contributed by atoms with Crippen molar-refractivity contribution in [2.75, 3.05) is 6.54 Å². The smallest absolute Gasteiger partial charge is 0.248 e. The number of benzene rings is 1. The average Bonchev–Trinajstić information content (AvgIpc) is 2.98. The molecular weight excluding hydrogens is 294 g/mol. The topological polar surface area (TPSA) is 62.3 Å². The molecule has 2 aromatic rings. The van der Waals surface area contributed by atoms with E-state index in [9.17, 15) is 8.42 Å². The molecule has 1 aromatic heterocycles. The van der Waals surface area contributed by atoms with E-state index in [2.05, 4.69) is 15.8 Å². The number of thiazole rings is 1. The molecule has 0 fully saturated rings. The van der Waals surface area contributed by atoms with Gasteiger partial charge in [-0.05, 0) is 17.5 Å². The molecule has 0 atom stereocenters. The molecule has 0 amide bonds. The molecule has 1 aliphatic rings. The number of nitrogens with one attached hydrogen (secondary N) is 1. The molecule has 0 bridgehead atoms. The van der Waals surface area contributed by atoms with Gasteiger partial charge in [-0.3, -0.25) is 0 Å². The Labute approximate surface area is 122 Å². The molecule has 2 heterocycles. The first kappa shape index (κ1) is 13.7. The Morgan fingerprint density at radius 2 is 2.10 bits per heavy atom. The van der Waals surface area contributed by atoms with Crippen LogP contribution in [0.4, 0.5) is 0 Å². The van der Waals surface area contributed by atoms with Gasteiger partial charge in [0.05, 0.1) is 6.54 Å². The maximum Gasteiger partial charge on any atom is 0.280 e. The predicted molar refractivity (Wildman–Crippen MR) is 78.4 cm³/mol. The maximum atomic E-state index is 12.3. The third-order valence-electron chi connectivity index (χ3n) is 3.32. The first-order chi connectivity index (χ1) is 9.65. The van der Waals surface area contributed by atoms with Gasteiger partial charge in [-0.1, -0.05) is 24.3 Å². The highest BCUT2D eigenvalue weighted by molar-refractivity contribution is 7.87. The molecule has 7 heteroatoms. The minimum atomic E-state index is -3.45. The summed E-state index contributed by atoms with van der Waals surface area (Å²) in [5.74, 6) is 0. The molecule has 0 aliphatic carbocycles. The van der Waals surface area contributed by atoms with Gasteiger partial charge < -0.3 is 0 Å². The summed E-state index contributed by atoms with van der Waals surface area (Å²) in [6.45, 7) is 1.20. The second-order valence-corrected chi connectivity index (χ2v) is 7.34. The lowest BCUT2D eigenvalue weighted by atomic mass is 10.0. The standard InChI is InChI=1S/C13H15N3O2S2/c17-20(18,15-9-13-14-6-8-19-13)16-7-5-11-3-1-2-4-12(11)10-16/h1-4,6,8,15H,5,7,9-10H2. The Morgan fingerprint density at radius 3 is 2.85 bits per heavy atom. The second-order valence-electron chi connectivity index (χ2n) is 4.60. The summed E-state index contributed by atoms with van der Waals surface area (Å²) in [6.07, 6.45) is 2.43. The van der Waals surface area contributed by atoms with Crippen LogP contribution < -0.4 is 4.72 Å². The van der Waals surface area contributed by atoms with Crippen LogP contribution in [0.5, 0.6) is 0 Å². The number of hydrogen-bond donors (Lipinski definition) is 1. The monoisotopic (exact) mass is 309 g/mol. The normalized spacial score (nSPS) is 16.0. The summed E-state index contributed by atoms with van der Waals surface area (Å²) in [6, 6.07) is 7.97. The molecule has 0 unspecified atom stereocenters. The van der Waals surface area contributed by atoms with Crippen LogP contribution in [0.2, 0.25) is 0 Å². The zero-order valence-electron chi connectivity index (χ0n) is 10.8. The Morgan fingerprint density at radius 1 is 1.30 bits per heavy atom. The first-order valence-electron chi connectivity index (χ1n) is 6.35. The number of hydrogen-bond acceptors (Lipinski definition) is 4. The van der Waals surface area contributed by atoms with Crippen LogP contribution in [-0.4, -0.2) is 24.3 Å². The molecule has 1 aliphatic heterocycles. The fourth-order valence-electron chi connectivity index (χ4n) is 2.26.